The second-order valence-corrected chi connectivity index (χ2v) is 8.40. The van der Waals surface area contributed by atoms with E-state index in [2.05, 4.69) is 0 Å². The van der Waals surface area contributed by atoms with Crippen molar-refractivity contribution in [3.05, 3.63) is 38.6 Å². The van der Waals surface area contributed by atoms with E-state index >= 15 is 0 Å². The van der Waals surface area contributed by atoms with Crippen LogP contribution in [0.4, 0.5) is 0 Å². The lowest BCUT2D eigenvalue weighted by Crippen LogP contribution is -2.33. The van der Waals surface area contributed by atoms with Gasteiger partial charge in [-0.2, -0.15) is 0 Å². The molecular weight excluding hydrogens is 356 g/mol. The van der Waals surface area contributed by atoms with Gasteiger partial charge in [-0.3, -0.25) is 9.36 Å². The summed E-state index contributed by atoms with van der Waals surface area (Å²) in [6, 6.07) is 3.02. The average Bonchev–Trinajstić information content (AvgIpc) is 3.16. The van der Waals surface area contributed by atoms with Gasteiger partial charge in [0.15, 0.2) is 0 Å². The number of fused-ring (bicyclic) bond motifs is 1. The van der Waals surface area contributed by atoms with Crippen LogP contribution in [0.25, 0.3) is 20.7 Å². The molecule has 25 heavy (non-hydrogen) atoms. The molecule has 0 amide bonds. The zero-order valence-electron chi connectivity index (χ0n) is 14.6. The van der Waals surface area contributed by atoms with Gasteiger partial charge in [-0.15, -0.1) is 22.7 Å². The fourth-order valence-corrected chi connectivity index (χ4v) is 5.02. The van der Waals surface area contributed by atoms with Gasteiger partial charge in [-0.1, -0.05) is 26.8 Å². The number of aromatic nitrogens is 2. The third-order valence-corrected chi connectivity index (χ3v) is 6.12. The molecular formula is C18H20N2O3S2. The number of hydrogen-bond donors (Lipinski definition) is 1. The van der Waals surface area contributed by atoms with Gasteiger partial charge in [0.25, 0.3) is 5.56 Å². The van der Waals surface area contributed by atoms with Crippen LogP contribution in [0.15, 0.2) is 22.3 Å². The van der Waals surface area contributed by atoms with E-state index in [1.807, 2.05) is 38.3 Å². The maximum absolute atomic E-state index is 13.4. The Morgan fingerprint density at radius 2 is 2.12 bits per heavy atom. The second kappa shape index (κ2) is 6.72. The van der Waals surface area contributed by atoms with E-state index in [0.29, 0.717) is 22.5 Å². The van der Waals surface area contributed by atoms with Crippen molar-refractivity contribution < 1.29 is 9.90 Å². The standard InChI is InChI=1S/C18H20N2O3S2/c1-5-11(18(22)23)20-15(9(2)3)19-16-14(17(20)21)13(10(4)25-16)12-7-6-8-24-12/h6-9,11H,5H2,1-4H3,(H,22,23). The maximum atomic E-state index is 13.4. The highest BCUT2D eigenvalue weighted by Gasteiger charge is 2.27. The molecule has 1 unspecified atom stereocenters. The van der Waals surface area contributed by atoms with Crippen LogP contribution in [0.3, 0.4) is 0 Å². The Balaban J connectivity index is 2.44. The molecule has 1 atom stereocenters. The monoisotopic (exact) mass is 376 g/mol. The number of carbonyl (C=O) groups is 1. The molecule has 0 aliphatic heterocycles. The van der Waals surface area contributed by atoms with E-state index in [4.69, 9.17) is 4.98 Å². The van der Waals surface area contributed by atoms with Crippen molar-refractivity contribution in [1.29, 1.82) is 0 Å². The number of hydrogen-bond acceptors (Lipinski definition) is 5. The Morgan fingerprint density at radius 3 is 2.64 bits per heavy atom. The van der Waals surface area contributed by atoms with E-state index < -0.39 is 12.0 Å². The smallest absolute Gasteiger partial charge is 0.326 e. The van der Waals surface area contributed by atoms with Crippen molar-refractivity contribution in [1.82, 2.24) is 9.55 Å². The van der Waals surface area contributed by atoms with Gasteiger partial charge in [0.2, 0.25) is 0 Å². The summed E-state index contributed by atoms with van der Waals surface area (Å²) < 4.78 is 1.39. The highest BCUT2D eigenvalue weighted by Crippen LogP contribution is 2.38. The van der Waals surface area contributed by atoms with Crippen molar-refractivity contribution >= 4 is 38.9 Å². The molecule has 3 aromatic heterocycles. The molecule has 0 spiro atoms. The molecule has 5 nitrogen and oxygen atoms in total. The first-order chi connectivity index (χ1) is 11.9. The quantitative estimate of drug-likeness (QED) is 0.703. The highest BCUT2D eigenvalue weighted by atomic mass is 32.1. The van der Waals surface area contributed by atoms with Crippen LogP contribution in [0, 0.1) is 6.92 Å². The van der Waals surface area contributed by atoms with Crippen LogP contribution in [0.5, 0.6) is 0 Å². The predicted octanol–water partition coefficient (Wildman–Crippen LogP) is 4.65. The molecule has 0 radical (unpaired) electrons. The van der Waals surface area contributed by atoms with Crippen molar-refractivity contribution in [2.24, 2.45) is 0 Å². The number of carboxylic acids is 1. The molecule has 1 N–H and O–H groups in total. The number of rotatable bonds is 5. The minimum Gasteiger partial charge on any atom is -0.480 e. The second-order valence-electron chi connectivity index (χ2n) is 6.25. The summed E-state index contributed by atoms with van der Waals surface area (Å²) in [5.41, 5.74) is 0.632. The number of carboxylic acid groups (broad SMARTS) is 1. The van der Waals surface area contributed by atoms with E-state index in [0.717, 1.165) is 15.3 Å². The van der Waals surface area contributed by atoms with E-state index in [1.165, 1.54) is 15.9 Å². The molecule has 0 aliphatic rings. The van der Waals surface area contributed by atoms with Crippen LogP contribution >= 0.6 is 22.7 Å². The number of aliphatic carboxylic acids is 1. The van der Waals surface area contributed by atoms with Crippen LogP contribution in [-0.2, 0) is 4.79 Å². The Bertz CT molecular complexity index is 984. The van der Waals surface area contributed by atoms with Crippen molar-refractivity contribution in [2.75, 3.05) is 0 Å². The average molecular weight is 377 g/mol. The van der Waals surface area contributed by atoms with Crippen LogP contribution < -0.4 is 5.56 Å². The fourth-order valence-electron chi connectivity index (χ4n) is 3.08. The molecule has 0 aliphatic carbocycles. The Hall–Kier alpha value is -1.99. The molecule has 0 aromatic carbocycles. The number of thiophene rings is 2. The third kappa shape index (κ3) is 2.91. The normalized spacial score (nSPS) is 12.8. The van der Waals surface area contributed by atoms with Gasteiger partial charge in [-0.25, -0.2) is 9.78 Å². The summed E-state index contributed by atoms with van der Waals surface area (Å²) in [5, 5.41) is 12.1. The minimum atomic E-state index is -1.00. The summed E-state index contributed by atoms with van der Waals surface area (Å²) in [7, 11) is 0. The molecule has 0 saturated heterocycles. The zero-order chi connectivity index (χ0) is 18.3. The topological polar surface area (TPSA) is 72.2 Å². The van der Waals surface area contributed by atoms with Crippen molar-refractivity contribution in [3.8, 4) is 10.4 Å². The number of nitrogens with zero attached hydrogens (tertiary/aromatic N) is 2. The lowest BCUT2D eigenvalue weighted by atomic mass is 10.1. The van der Waals surface area contributed by atoms with Gasteiger partial charge >= 0.3 is 5.97 Å². The first-order valence-electron chi connectivity index (χ1n) is 8.19. The van der Waals surface area contributed by atoms with Gasteiger partial charge in [-0.05, 0) is 24.8 Å². The predicted molar refractivity (Wildman–Crippen MR) is 103 cm³/mol. The van der Waals surface area contributed by atoms with Crippen molar-refractivity contribution in [2.45, 2.75) is 46.1 Å². The first kappa shape index (κ1) is 17.8. The minimum absolute atomic E-state index is 0.0434. The molecule has 3 aromatic rings. The SMILES string of the molecule is CCC(C(=O)O)n1c(C(C)C)nc2sc(C)c(-c3cccs3)c2c1=O. The van der Waals surface area contributed by atoms with Gasteiger partial charge in [0, 0.05) is 21.2 Å². The Labute approximate surface area is 153 Å². The van der Waals surface area contributed by atoms with Gasteiger partial charge < -0.3 is 5.11 Å². The summed E-state index contributed by atoms with van der Waals surface area (Å²) in [6.07, 6.45) is 0.333. The lowest BCUT2D eigenvalue weighted by molar-refractivity contribution is -0.141. The van der Waals surface area contributed by atoms with Crippen LogP contribution in [0.1, 0.15) is 49.9 Å². The molecule has 3 rings (SSSR count). The first-order valence-corrected chi connectivity index (χ1v) is 9.88. The Kier molecular flexibility index (Phi) is 4.79. The van der Waals surface area contributed by atoms with Gasteiger partial charge in [0.05, 0.1) is 5.39 Å². The fraction of sp³-hybridized carbons (Fsp3) is 0.389. The summed E-state index contributed by atoms with van der Waals surface area (Å²) in [4.78, 5) is 32.5. The maximum Gasteiger partial charge on any atom is 0.326 e. The van der Waals surface area contributed by atoms with Gasteiger partial charge in [0.1, 0.15) is 16.7 Å². The molecule has 0 bridgehead atoms. The Morgan fingerprint density at radius 1 is 1.40 bits per heavy atom. The summed E-state index contributed by atoms with van der Waals surface area (Å²) in [5.74, 6) is -0.513. The molecule has 0 saturated carbocycles. The molecule has 0 fully saturated rings. The van der Waals surface area contributed by atoms with E-state index in [1.54, 1.807) is 18.3 Å². The molecule has 132 valence electrons. The highest BCUT2D eigenvalue weighted by molar-refractivity contribution is 7.20. The van der Waals surface area contributed by atoms with Crippen LogP contribution in [-0.4, -0.2) is 20.6 Å². The summed E-state index contributed by atoms with van der Waals surface area (Å²) in [6.45, 7) is 7.62. The number of aryl methyl sites for hydroxylation is 1. The zero-order valence-corrected chi connectivity index (χ0v) is 16.2. The summed E-state index contributed by atoms with van der Waals surface area (Å²) >= 11 is 3.06. The van der Waals surface area contributed by atoms with Crippen molar-refractivity contribution in [3.63, 3.8) is 0 Å². The van der Waals surface area contributed by atoms with E-state index in [-0.39, 0.29) is 11.5 Å². The van der Waals surface area contributed by atoms with E-state index in [9.17, 15) is 14.7 Å². The largest absolute Gasteiger partial charge is 0.480 e. The molecule has 3 heterocycles. The third-order valence-electron chi connectivity index (χ3n) is 4.23. The molecule has 7 heteroatoms. The van der Waals surface area contributed by atoms with Crippen LogP contribution in [0.2, 0.25) is 0 Å². The lowest BCUT2D eigenvalue weighted by Gasteiger charge is -2.20.